The monoisotopic (exact) mass is 691 g/mol. The van der Waals surface area contributed by atoms with Gasteiger partial charge >= 0.3 is 0 Å². The molecule has 0 unspecified atom stereocenters. The highest BCUT2D eigenvalue weighted by Gasteiger charge is 2.19. The Labute approximate surface area is 309 Å². The molecule has 0 aliphatic rings. The number of hydrogen-bond acceptors (Lipinski definition) is 5. The quantitative estimate of drug-likeness (QED) is 0.180. The number of para-hydroxylation sites is 3. The van der Waals surface area contributed by atoms with E-state index >= 15 is 0 Å². The molecule has 252 valence electrons. The van der Waals surface area contributed by atoms with Crippen LogP contribution >= 0.6 is 0 Å². The maximum absolute atomic E-state index is 6.09. The van der Waals surface area contributed by atoms with Crippen molar-refractivity contribution in [2.45, 2.75) is 0 Å². The summed E-state index contributed by atoms with van der Waals surface area (Å²) in [6.45, 7) is 0. The molecule has 0 fully saturated rings. The molecular formula is C48H29N5O. The maximum atomic E-state index is 6.09. The van der Waals surface area contributed by atoms with Gasteiger partial charge in [-0.05, 0) is 76.5 Å². The molecule has 0 aliphatic heterocycles. The number of pyridine rings is 1. The zero-order valence-corrected chi connectivity index (χ0v) is 28.9. The van der Waals surface area contributed by atoms with E-state index in [0.717, 1.165) is 66.3 Å². The van der Waals surface area contributed by atoms with Crippen LogP contribution < -0.4 is 0 Å². The van der Waals surface area contributed by atoms with E-state index in [9.17, 15) is 0 Å². The smallest absolute Gasteiger partial charge is 0.227 e. The van der Waals surface area contributed by atoms with Crippen molar-refractivity contribution < 1.29 is 4.42 Å². The summed E-state index contributed by atoms with van der Waals surface area (Å²) >= 11 is 0. The van der Waals surface area contributed by atoms with E-state index in [1.54, 1.807) is 6.20 Å². The van der Waals surface area contributed by atoms with Gasteiger partial charge in [-0.1, -0.05) is 115 Å². The number of nitrogens with zero attached hydrogens (tertiary/aromatic N) is 5. The molecule has 4 aromatic heterocycles. The first kappa shape index (κ1) is 30.2. The van der Waals surface area contributed by atoms with Gasteiger partial charge in [-0.25, -0.2) is 19.9 Å². The van der Waals surface area contributed by atoms with Crippen molar-refractivity contribution in [3.05, 3.63) is 176 Å². The van der Waals surface area contributed by atoms with E-state index in [1.165, 1.54) is 16.2 Å². The average molecular weight is 692 g/mol. The Kier molecular flexibility index (Phi) is 6.75. The SMILES string of the molecule is c1ccc(-n2c3ccccc3c3ccccc32)c(-c2nc(-c3ccc(-c4ccc5c(c4)oc4ncccc45)cc3)nc(-c3ccc4ccccc4c3)n2)c1. The van der Waals surface area contributed by atoms with Crippen LogP contribution in [0.4, 0.5) is 0 Å². The normalized spacial score (nSPS) is 11.7. The van der Waals surface area contributed by atoms with Crippen molar-refractivity contribution >= 4 is 54.6 Å². The van der Waals surface area contributed by atoms with E-state index in [0.29, 0.717) is 23.2 Å². The third kappa shape index (κ3) is 4.89. The van der Waals surface area contributed by atoms with Gasteiger partial charge in [0.2, 0.25) is 5.71 Å². The second-order valence-electron chi connectivity index (χ2n) is 13.5. The van der Waals surface area contributed by atoms with Crippen LogP contribution in [-0.4, -0.2) is 24.5 Å². The lowest BCUT2D eigenvalue weighted by molar-refractivity contribution is 0.654. The summed E-state index contributed by atoms with van der Waals surface area (Å²) in [6.07, 6.45) is 1.76. The summed E-state index contributed by atoms with van der Waals surface area (Å²) < 4.78 is 8.41. The van der Waals surface area contributed by atoms with Gasteiger partial charge in [0, 0.05) is 44.4 Å². The highest BCUT2D eigenvalue weighted by molar-refractivity contribution is 6.09. The third-order valence-corrected chi connectivity index (χ3v) is 10.3. The fourth-order valence-corrected chi connectivity index (χ4v) is 7.72. The molecule has 6 nitrogen and oxygen atoms in total. The Morgan fingerprint density at radius 2 is 1.02 bits per heavy atom. The predicted molar refractivity (Wildman–Crippen MR) is 218 cm³/mol. The fraction of sp³-hybridized carbons (Fsp3) is 0. The van der Waals surface area contributed by atoms with E-state index in [-0.39, 0.29) is 0 Å². The van der Waals surface area contributed by atoms with Gasteiger partial charge in [0.25, 0.3) is 0 Å². The molecule has 0 bridgehead atoms. The predicted octanol–water partition coefficient (Wildman–Crippen LogP) is 12.1. The molecule has 0 amide bonds. The van der Waals surface area contributed by atoms with Crippen molar-refractivity contribution in [2.24, 2.45) is 0 Å². The summed E-state index contributed by atoms with van der Waals surface area (Å²) in [5, 5.41) is 6.77. The van der Waals surface area contributed by atoms with E-state index in [2.05, 4.69) is 167 Å². The number of aromatic nitrogens is 5. The minimum Gasteiger partial charge on any atom is -0.438 e. The van der Waals surface area contributed by atoms with Crippen molar-refractivity contribution in [3.8, 4) is 51.0 Å². The van der Waals surface area contributed by atoms with Gasteiger partial charge in [-0.15, -0.1) is 0 Å². The molecule has 0 radical (unpaired) electrons. The van der Waals surface area contributed by atoms with Crippen LogP contribution in [0.3, 0.4) is 0 Å². The lowest BCUT2D eigenvalue weighted by atomic mass is 10.0. The van der Waals surface area contributed by atoms with Crippen LogP contribution in [0.15, 0.2) is 180 Å². The molecule has 0 saturated carbocycles. The molecule has 6 heteroatoms. The number of rotatable bonds is 5. The molecule has 11 aromatic rings. The molecule has 0 aliphatic carbocycles. The fourth-order valence-electron chi connectivity index (χ4n) is 7.72. The molecule has 4 heterocycles. The van der Waals surface area contributed by atoms with Crippen molar-refractivity contribution in [1.29, 1.82) is 0 Å². The zero-order valence-electron chi connectivity index (χ0n) is 28.9. The summed E-state index contributed by atoms with van der Waals surface area (Å²) in [4.78, 5) is 19.9. The molecule has 0 N–H and O–H groups in total. The average Bonchev–Trinajstić information content (AvgIpc) is 3.79. The summed E-state index contributed by atoms with van der Waals surface area (Å²) in [6, 6.07) is 58.9. The summed E-state index contributed by atoms with van der Waals surface area (Å²) in [7, 11) is 0. The van der Waals surface area contributed by atoms with Gasteiger partial charge < -0.3 is 8.98 Å². The number of furan rings is 1. The first-order valence-corrected chi connectivity index (χ1v) is 18.0. The Bertz CT molecular complexity index is 3180. The highest BCUT2D eigenvalue weighted by Crippen LogP contribution is 2.37. The standard InChI is InChI=1S/C48H29N5O/c1-2-11-33-28-35(24-21-30(33)10-1)46-50-45(32-22-19-31(20-23-32)34-25-26-38-39-15-9-27-49-48(39)54-44(38)29-34)51-47(52-46)40-14-5-8-18-43(40)53-41-16-6-3-12-36(41)37-13-4-7-17-42(37)53/h1-29H. The Morgan fingerprint density at radius 1 is 0.407 bits per heavy atom. The molecule has 54 heavy (non-hydrogen) atoms. The summed E-state index contributed by atoms with van der Waals surface area (Å²) in [5.74, 6) is 1.82. The first-order valence-electron chi connectivity index (χ1n) is 18.0. The van der Waals surface area contributed by atoms with Crippen molar-refractivity contribution in [1.82, 2.24) is 24.5 Å². The van der Waals surface area contributed by atoms with Crippen molar-refractivity contribution in [2.75, 3.05) is 0 Å². The van der Waals surface area contributed by atoms with E-state index in [1.807, 2.05) is 12.1 Å². The van der Waals surface area contributed by atoms with Crippen LogP contribution in [0, 0.1) is 0 Å². The number of fused-ring (bicyclic) bond motifs is 7. The molecular weight excluding hydrogens is 663 g/mol. The van der Waals surface area contributed by atoms with Crippen molar-refractivity contribution in [3.63, 3.8) is 0 Å². The lowest BCUT2D eigenvalue weighted by Crippen LogP contribution is -2.03. The molecule has 7 aromatic carbocycles. The second-order valence-corrected chi connectivity index (χ2v) is 13.5. The molecule has 11 rings (SSSR count). The van der Waals surface area contributed by atoms with Crippen LogP contribution in [0.25, 0.3) is 106 Å². The Morgan fingerprint density at radius 3 is 1.83 bits per heavy atom. The molecule has 0 spiro atoms. The molecule has 0 atom stereocenters. The summed E-state index contributed by atoms with van der Waals surface area (Å²) in [5.41, 5.74) is 9.58. The minimum absolute atomic E-state index is 0.602. The van der Waals surface area contributed by atoms with Gasteiger partial charge in [0.05, 0.1) is 16.7 Å². The van der Waals surface area contributed by atoms with Crippen LogP contribution in [0.1, 0.15) is 0 Å². The molecule has 0 saturated heterocycles. The second kappa shape index (κ2) is 12.1. The van der Waals surface area contributed by atoms with Crippen LogP contribution in [0.5, 0.6) is 0 Å². The first-order chi connectivity index (χ1) is 26.7. The zero-order chi connectivity index (χ0) is 35.6. The van der Waals surface area contributed by atoms with E-state index < -0.39 is 0 Å². The number of hydrogen-bond donors (Lipinski definition) is 0. The van der Waals surface area contributed by atoms with Gasteiger partial charge in [0.1, 0.15) is 5.58 Å². The lowest BCUT2D eigenvalue weighted by Gasteiger charge is -2.14. The maximum Gasteiger partial charge on any atom is 0.227 e. The third-order valence-electron chi connectivity index (χ3n) is 10.3. The number of benzene rings is 7. The van der Waals surface area contributed by atoms with Gasteiger partial charge in [-0.3, -0.25) is 0 Å². The Hall–Kier alpha value is -7.44. The van der Waals surface area contributed by atoms with Crippen LogP contribution in [-0.2, 0) is 0 Å². The van der Waals surface area contributed by atoms with E-state index in [4.69, 9.17) is 19.4 Å². The Balaban J connectivity index is 1.07. The van der Waals surface area contributed by atoms with Crippen LogP contribution in [0.2, 0.25) is 0 Å². The highest BCUT2D eigenvalue weighted by atomic mass is 16.3. The minimum atomic E-state index is 0.602. The topological polar surface area (TPSA) is 69.6 Å². The largest absolute Gasteiger partial charge is 0.438 e. The van der Waals surface area contributed by atoms with Gasteiger partial charge in [-0.2, -0.15) is 0 Å². The van der Waals surface area contributed by atoms with Gasteiger partial charge in [0.15, 0.2) is 17.5 Å².